The zero-order valence-electron chi connectivity index (χ0n) is 8.48. The van der Waals surface area contributed by atoms with Crippen molar-refractivity contribution in [3.8, 4) is 5.75 Å². The van der Waals surface area contributed by atoms with Gasteiger partial charge in [0.15, 0.2) is 5.43 Å². The third kappa shape index (κ3) is 1.63. The van der Waals surface area contributed by atoms with Crippen LogP contribution in [0.3, 0.4) is 0 Å². The van der Waals surface area contributed by atoms with Gasteiger partial charge in [0, 0.05) is 11.5 Å². The molecule has 1 heterocycles. The van der Waals surface area contributed by atoms with E-state index in [4.69, 9.17) is 9.84 Å². The molecule has 0 fully saturated rings. The Kier molecular flexibility index (Phi) is 2.36. The smallest absolute Gasteiger partial charge is 0.352 e. The standard InChI is InChI=1S/C11H9NO4/c1-16-6-2-3-8-7(4-6)10(13)5-9(12-8)11(14)15/h2-5H,1H3,(H,12,13)(H,14,15). The maximum Gasteiger partial charge on any atom is 0.352 e. The molecule has 0 saturated heterocycles. The Labute approximate surface area is 90.3 Å². The number of ether oxygens (including phenoxy) is 1. The van der Waals surface area contributed by atoms with E-state index >= 15 is 0 Å². The number of carbonyl (C=O) groups is 1. The Morgan fingerprint density at radius 1 is 1.38 bits per heavy atom. The number of methoxy groups -OCH3 is 1. The van der Waals surface area contributed by atoms with Gasteiger partial charge in [-0.25, -0.2) is 4.79 Å². The molecule has 82 valence electrons. The van der Waals surface area contributed by atoms with Gasteiger partial charge in [-0.3, -0.25) is 4.79 Å². The van der Waals surface area contributed by atoms with Crippen LogP contribution in [0.25, 0.3) is 10.9 Å². The van der Waals surface area contributed by atoms with E-state index in [2.05, 4.69) is 4.98 Å². The predicted octanol–water partition coefficient (Wildman–Crippen LogP) is 1.23. The van der Waals surface area contributed by atoms with Gasteiger partial charge in [-0.05, 0) is 18.2 Å². The van der Waals surface area contributed by atoms with Crippen LogP contribution in [0.15, 0.2) is 29.1 Å². The predicted molar refractivity (Wildman–Crippen MR) is 58.1 cm³/mol. The van der Waals surface area contributed by atoms with E-state index in [0.29, 0.717) is 16.7 Å². The molecule has 2 rings (SSSR count). The summed E-state index contributed by atoms with van der Waals surface area (Å²) < 4.78 is 4.99. The number of H-pyrrole nitrogens is 1. The number of carboxylic acid groups (broad SMARTS) is 1. The monoisotopic (exact) mass is 219 g/mol. The Hall–Kier alpha value is -2.30. The topological polar surface area (TPSA) is 79.4 Å². The van der Waals surface area contributed by atoms with Crippen LogP contribution in [0, 0.1) is 0 Å². The van der Waals surface area contributed by atoms with Crippen molar-refractivity contribution in [2.45, 2.75) is 0 Å². The van der Waals surface area contributed by atoms with E-state index in [-0.39, 0.29) is 11.1 Å². The maximum absolute atomic E-state index is 11.6. The Morgan fingerprint density at radius 2 is 2.12 bits per heavy atom. The average Bonchev–Trinajstić information content (AvgIpc) is 2.28. The van der Waals surface area contributed by atoms with E-state index in [1.165, 1.54) is 7.11 Å². The van der Waals surface area contributed by atoms with Gasteiger partial charge in [0.25, 0.3) is 0 Å². The number of aromatic amines is 1. The van der Waals surface area contributed by atoms with Gasteiger partial charge in [0.2, 0.25) is 0 Å². The van der Waals surface area contributed by atoms with Crippen molar-refractivity contribution < 1.29 is 14.6 Å². The largest absolute Gasteiger partial charge is 0.497 e. The molecular formula is C11H9NO4. The highest BCUT2D eigenvalue weighted by Gasteiger charge is 2.08. The zero-order chi connectivity index (χ0) is 11.7. The first-order valence-electron chi connectivity index (χ1n) is 4.56. The molecule has 0 atom stereocenters. The second-order valence-electron chi connectivity index (χ2n) is 3.26. The SMILES string of the molecule is COc1ccc2[nH]c(C(=O)O)cc(=O)c2c1. The van der Waals surface area contributed by atoms with Crippen LogP contribution in [0.4, 0.5) is 0 Å². The molecule has 5 heteroatoms. The van der Waals surface area contributed by atoms with Crippen molar-refractivity contribution in [1.82, 2.24) is 4.98 Å². The summed E-state index contributed by atoms with van der Waals surface area (Å²) >= 11 is 0. The third-order valence-corrected chi connectivity index (χ3v) is 2.27. The molecular weight excluding hydrogens is 210 g/mol. The molecule has 0 bridgehead atoms. The van der Waals surface area contributed by atoms with Crippen molar-refractivity contribution in [1.29, 1.82) is 0 Å². The van der Waals surface area contributed by atoms with Crippen LogP contribution >= 0.6 is 0 Å². The number of hydrogen-bond donors (Lipinski definition) is 2. The van der Waals surface area contributed by atoms with Crippen LogP contribution in [0.5, 0.6) is 5.75 Å². The summed E-state index contributed by atoms with van der Waals surface area (Å²) in [5.74, 6) is -0.601. The molecule has 0 saturated carbocycles. The van der Waals surface area contributed by atoms with E-state index in [1.54, 1.807) is 18.2 Å². The van der Waals surface area contributed by atoms with E-state index in [0.717, 1.165) is 6.07 Å². The molecule has 2 aromatic rings. The number of benzene rings is 1. The van der Waals surface area contributed by atoms with Crippen molar-refractivity contribution >= 4 is 16.9 Å². The van der Waals surface area contributed by atoms with E-state index in [1.807, 2.05) is 0 Å². The highest BCUT2D eigenvalue weighted by atomic mass is 16.5. The molecule has 1 aromatic carbocycles. The highest BCUT2D eigenvalue weighted by Crippen LogP contribution is 2.16. The van der Waals surface area contributed by atoms with Crippen LogP contribution in [-0.2, 0) is 0 Å². The maximum atomic E-state index is 11.6. The number of aromatic carboxylic acids is 1. The molecule has 2 N–H and O–H groups in total. The van der Waals surface area contributed by atoms with E-state index in [9.17, 15) is 9.59 Å². The summed E-state index contributed by atoms with van der Waals surface area (Å²) in [5.41, 5.74) is 0.0124. The number of hydrogen-bond acceptors (Lipinski definition) is 3. The Morgan fingerprint density at radius 3 is 2.75 bits per heavy atom. The van der Waals surface area contributed by atoms with Gasteiger partial charge in [-0.1, -0.05) is 0 Å². The summed E-state index contributed by atoms with van der Waals surface area (Å²) in [6.07, 6.45) is 0. The van der Waals surface area contributed by atoms with Crippen molar-refractivity contribution in [2.24, 2.45) is 0 Å². The quantitative estimate of drug-likeness (QED) is 0.796. The second kappa shape index (κ2) is 3.69. The highest BCUT2D eigenvalue weighted by molar-refractivity contribution is 5.89. The molecule has 0 unspecified atom stereocenters. The van der Waals surface area contributed by atoms with Gasteiger partial charge in [-0.2, -0.15) is 0 Å². The lowest BCUT2D eigenvalue weighted by Gasteiger charge is -2.03. The third-order valence-electron chi connectivity index (χ3n) is 2.27. The Balaban J connectivity index is 2.76. The minimum Gasteiger partial charge on any atom is -0.497 e. The van der Waals surface area contributed by atoms with Crippen LogP contribution < -0.4 is 10.2 Å². The van der Waals surface area contributed by atoms with Gasteiger partial charge in [-0.15, -0.1) is 0 Å². The summed E-state index contributed by atoms with van der Waals surface area (Å²) in [4.78, 5) is 25.0. The first-order valence-corrected chi connectivity index (χ1v) is 4.56. The lowest BCUT2D eigenvalue weighted by atomic mass is 10.2. The number of pyridine rings is 1. The zero-order valence-corrected chi connectivity index (χ0v) is 8.48. The Bertz CT molecular complexity index is 615. The molecule has 0 radical (unpaired) electrons. The molecule has 1 aromatic heterocycles. The molecule has 0 amide bonds. The van der Waals surface area contributed by atoms with Crippen molar-refractivity contribution in [3.05, 3.63) is 40.2 Å². The van der Waals surface area contributed by atoms with Crippen LogP contribution in [-0.4, -0.2) is 23.2 Å². The number of aromatic nitrogens is 1. The van der Waals surface area contributed by atoms with Gasteiger partial charge < -0.3 is 14.8 Å². The number of carboxylic acids is 1. The second-order valence-corrected chi connectivity index (χ2v) is 3.26. The first-order chi connectivity index (χ1) is 7.61. The minimum atomic E-state index is -1.16. The fourth-order valence-electron chi connectivity index (χ4n) is 1.47. The summed E-state index contributed by atoms with van der Waals surface area (Å²) in [6.45, 7) is 0. The fraction of sp³-hybridized carbons (Fsp3) is 0.0909. The lowest BCUT2D eigenvalue weighted by molar-refractivity contribution is 0.0691. The van der Waals surface area contributed by atoms with Crippen LogP contribution in [0.2, 0.25) is 0 Å². The molecule has 5 nitrogen and oxygen atoms in total. The van der Waals surface area contributed by atoms with Crippen LogP contribution in [0.1, 0.15) is 10.5 Å². The average molecular weight is 219 g/mol. The normalized spacial score (nSPS) is 10.3. The first kappa shape index (κ1) is 10.2. The molecule has 0 aliphatic carbocycles. The van der Waals surface area contributed by atoms with Gasteiger partial charge >= 0.3 is 5.97 Å². The summed E-state index contributed by atoms with van der Waals surface area (Å²) in [7, 11) is 1.50. The van der Waals surface area contributed by atoms with Crippen molar-refractivity contribution in [2.75, 3.05) is 7.11 Å². The number of rotatable bonds is 2. The number of nitrogens with one attached hydrogen (secondary N) is 1. The molecule has 0 spiro atoms. The summed E-state index contributed by atoms with van der Waals surface area (Å²) in [6, 6.07) is 5.90. The lowest BCUT2D eigenvalue weighted by Crippen LogP contribution is -2.09. The van der Waals surface area contributed by atoms with E-state index < -0.39 is 5.97 Å². The number of fused-ring (bicyclic) bond motifs is 1. The summed E-state index contributed by atoms with van der Waals surface area (Å²) in [5, 5.41) is 9.18. The molecule has 16 heavy (non-hydrogen) atoms. The van der Waals surface area contributed by atoms with Crippen molar-refractivity contribution in [3.63, 3.8) is 0 Å². The molecule has 0 aliphatic rings. The minimum absolute atomic E-state index is 0.123. The fourth-order valence-corrected chi connectivity index (χ4v) is 1.47. The van der Waals surface area contributed by atoms with Gasteiger partial charge in [0.1, 0.15) is 11.4 Å². The van der Waals surface area contributed by atoms with Gasteiger partial charge in [0.05, 0.1) is 12.6 Å². The molecule has 0 aliphatic heterocycles.